The van der Waals surface area contributed by atoms with Crippen LogP contribution in [0.4, 0.5) is 0 Å². The highest BCUT2D eigenvalue weighted by molar-refractivity contribution is 6.31. The van der Waals surface area contributed by atoms with Crippen molar-refractivity contribution in [3.8, 4) is 5.75 Å². The lowest BCUT2D eigenvalue weighted by atomic mass is 10.0. The summed E-state index contributed by atoms with van der Waals surface area (Å²) in [4.78, 5) is 12.4. The third-order valence-corrected chi connectivity index (χ3v) is 5.25. The van der Waals surface area contributed by atoms with Crippen LogP contribution in [0.2, 0.25) is 5.02 Å². The van der Waals surface area contributed by atoms with E-state index in [4.69, 9.17) is 16.3 Å². The van der Waals surface area contributed by atoms with Crippen molar-refractivity contribution in [2.24, 2.45) is 5.10 Å². The zero-order valence-electron chi connectivity index (χ0n) is 16.8. The van der Waals surface area contributed by atoms with Crippen LogP contribution in [0, 0.1) is 0 Å². The summed E-state index contributed by atoms with van der Waals surface area (Å²) in [7, 11) is 0. The molecule has 1 amide bonds. The molecule has 4 aromatic rings. The zero-order chi connectivity index (χ0) is 21.5. The summed E-state index contributed by atoms with van der Waals surface area (Å²) in [5, 5.41) is 6.97. The van der Waals surface area contributed by atoms with Crippen molar-refractivity contribution in [3.05, 3.63) is 113 Å². The molecule has 0 spiro atoms. The highest BCUT2D eigenvalue weighted by atomic mass is 35.5. The standard InChI is InChI=1S/C26H21ClN2O2/c27-24-14-5-2-10-22(24)18-31-25-15-6-3-9-21(25)17-28-29-26(30)16-20-12-7-11-19-8-1-4-13-23(19)20/h1-15,17H,16,18H2,(H,29,30). The third kappa shape index (κ3) is 5.30. The molecule has 0 aromatic heterocycles. The van der Waals surface area contributed by atoms with Crippen LogP contribution in [0.1, 0.15) is 16.7 Å². The van der Waals surface area contributed by atoms with Gasteiger partial charge in [0.1, 0.15) is 12.4 Å². The Morgan fingerprint density at radius 2 is 1.58 bits per heavy atom. The number of halogens is 1. The summed E-state index contributed by atoms with van der Waals surface area (Å²) in [5.74, 6) is 0.483. The summed E-state index contributed by atoms with van der Waals surface area (Å²) in [6.07, 6.45) is 1.84. The van der Waals surface area contributed by atoms with Crippen molar-refractivity contribution in [2.45, 2.75) is 13.0 Å². The number of carbonyl (C=O) groups is 1. The Hall–Kier alpha value is -3.63. The molecule has 4 aromatic carbocycles. The van der Waals surface area contributed by atoms with Crippen LogP contribution in [0.15, 0.2) is 96.1 Å². The van der Waals surface area contributed by atoms with Gasteiger partial charge in [0, 0.05) is 16.1 Å². The summed E-state index contributed by atoms with van der Waals surface area (Å²) in [6, 6.07) is 29.0. The fraction of sp³-hybridized carbons (Fsp3) is 0.0769. The van der Waals surface area contributed by atoms with Gasteiger partial charge in [-0.2, -0.15) is 5.10 Å². The molecule has 4 rings (SSSR count). The van der Waals surface area contributed by atoms with Gasteiger partial charge in [0.15, 0.2) is 0 Å². The topological polar surface area (TPSA) is 50.7 Å². The van der Waals surface area contributed by atoms with Crippen molar-refractivity contribution in [2.75, 3.05) is 0 Å². The number of nitrogens with one attached hydrogen (secondary N) is 1. The van der Waals surface area contributed by atoms with Crippen molar-refractivity contribution in [3.63, 3.8) is 0 Å². The van der Waals surface area contributed by atoms with E-state index in [2.05, 4.69) is 10.5 Å². The number of hydrogen-bond donors (Lipinski definition) is 1. The highest BCUT2D eigenvalue weighted by Gasteiger charge is 2.07. The van der Waals surface area contributed by atoms with Crippen LogP contribution in [-0.2, 0) is 17.8 Å². The van der Waals surface area contributed by atoms with Crippen molar-refractivity contribution in [1.29, 1.82) is 0 Å². The molecule has 0 saturated carbocycles. The number of hydrogen-bond acceptors (Lipinski definition) is 3. The second-order valence-electron chi connectivity index (χ2n) is 7.03. The second kappa shape index (κ2) is 9.92. The van der Waals surface area contributed by atoms with Crippen LogP contribution >= 0.6 is 11.6 Å². The first-order valence-electron chi connectivity index (χ1n) is 9.94. The number of fused-ring (bicyclic) bond motifs is 1. The van der Waals surface area contributed by atoms with Gasteiger partial charge < -0.3 is 4.74 Å². The van der Waals surface area contributed by atoms with E-state index in [1.165, 1.54) is 0 Å². The van der Waals surface area contributed by atoms with E-state index in [-0.39, 0.29) is 12.3 Å². The molecule has 0 aliphatic carbocycles. The minimum absolute atomic E-state index is 0.179. The van der Waals surface area contributed by atoms with E-state index in [1.54, 1.807) is 6.21 Å². The van der Waals surface area contributed by atoms with Crippen molar-refractivity contribution < 1.29 is 9.53 Å². The third-order valence-electron chi connectivity index (χ3n) is 4.88. The predicted octanol–water partition coefficient (Wildman–Crippen LogP) is 5.77. The van der Waals surface area contributed by atoms with E-state index >= 15 is 0 Å². The molecular weight excluding hydrogens is 408 g/mol. The van der Waals surface area contributed by atoms with Crippen molar-refractivity contribution in [1.82, 2.24) is 5.43 Å². The average Bonchev–Trinajstić information content (AvgIpc) is 2.79. The molecule has 5 heteroatoms. The van der Waals surface area contributed by atoms with Gasteiger partial charge >= 0.3 is 0 Å². The Morgan fingerprint density at radius 1 is 0.871 bits per heavy atom. The van der Waals surface area contributed by atoms with Gasteiger partial charge in [-0.05, 0) is 34.5 Å². The molecule has 154 valence electrons. The van der Waals surface area contributed by atoms with Crippen LogP contribution in [-0.4, -0.2) is 12.1 Å². The maximum atomic E-state index is 12.4. The number of amides is 1. The second-order valence-corrected chi connectivity index (χ2v) is 7.43. The number of hydrazone groups is 1. The Balaban J connectivity index is 1.40. The summed E-state index contributed by atoms with van der Waals surface area (Å²) < 4.78 is 5.92. The van der Waals surface area contributed by atoms with Gasteiger partial charge in [0.05, 0.1) is 12.6 Å². The zero-order valence-corrected chi connectivity index (χ0v) is 17.5. The highest BCUT2D eigenvalue weighted by Crippen LogP contribution is 2.21. The molecule has 0 heterocycles. The quantitative estimate of drug-likeness (QED) is 0.300. The first-order chi connectivity index (χ1) is 15.2. The van der Waals surface area contributed by atoms with E-state index in [9.17, 15) is 4.79 Å². The molecule has 31 heavy (non-hydrogen) atoms. The minimum Gasteiger partial charge on any atom is -0.488 e. The average molecular weight is 429 g/mol. The van der Waals surface area contributed by atoms with E-state index in [0.717, 1.165) is 27.5 Å². The SMILES string of the molecule is O=C(Cc1cccc2ccccc12)NN=Cc1ccccc1OCc1ccccc1Cl. The Bertz CT molecular complexity index is 1230. The van der Waals surface area contributed by atoms with Gasteiger partial charge in [-0.25, -0.2) is 5.43 Å². The molecule has 0 bridgehead atoms. The minimum atomic E-state index is -0.179. The molecule has 0 aliphatic heterocycles. The maximum Gasteiger partial charge on any atom is 0.244 e. The van der Waals surface area contributed by atoms with Crippen LogP contribution in [0.3, 0.4) is 0 Å². The molecular formula is C26H21ClN2O2. The maximum absolute atomic E-state index is 12.4. The smallest absolute Gasteiger partial charge is 0.244 e. The molecule has 1 N–H and O–H groups in total. The van der Waals surface area contributed by atoms with Crippen LogP contribution in [0.5, 0.6) is 5.75 Å². The fourth-order valence-electron chi connectivity index (χ4n) is 3.32. The van der Waals surface area contributed by atoms with Gasteiger partial charge in [-0.3, -0.25) is 4.79 Å². The number of benzene rings is 4. The molecule has 0 aliphatic rings. The normalized spacial score (nSPS) is 11.0. The molecule has 0 unspecified atom stereocenters. The lowest BCUT2D eigenvalue weighted by molar-refractivity contribution is -0.120. The fourth-order valence-corrected chi connectivity index (χ4v) is 3.51. The molecule has 0 atom stereocenters. The number of carbonyl (C=O) groups excluding carboxylic acids is 1. The number of rotatable bonds is 7. The van der Waals surface area contributed by atoms with Gasteiger partial charge in [0.2, 0.25) is 5.91 Å². The predicted molar refractivity (Wildman–Crippen MR) is 126 cm³/mol. The number of nitrogens with zero attached hydrogens (tertiary/aromatic N) is 1. The van der Waals surface area contributed by atoms with E-state index in [1.807, 2.05) is 91.0 Å². The Kier molecular flexibility index (Phi) is 6.60. The molecule has 4 nitrogen and oxygen atoms in total. The van der Waals surface area contributed by atoms with Gasteiger partial charge in [-0.1, -0.05) is 84.4 Å². The lowest BCUT2D eigenvalue weighted by Gasteiger charge is -2.10. The summed E-state index contributed by atoms with van der Waals surface area (Å²) >= 11 is 6.20. The van der Waals surface area contributed by atoms with E-state index in [0.29, 0.717) is 17.4 Å². The van der Waals surface area contributed by atoms with Crippen LogP contribution < -0.4 is 10.2 Å². The summed E-state index contributed by atoms with van der Waals surface area (Å²) in [6.45, 7) is 0.345. The van der Waals surface area contributed by atoms with E-state index < -0.39 is 0 Å². The number of para-hydroxylation sites is 1. The molecule has 0 radical (unpaired) electrons. The van der Waals surface area contributed by atoms with Crippen LogP contribution in [0.25, 0.3) is 10.8 Å². The number of ether oxygens (including phenoxy) is 1. The Morgan fingerprint density at radius 3 is 2.48 bits per heavy atom. The molecule has 0 saturated heterocycles. The van der Waals surface area contributed by atoms with Crippen molar-refractivity contribution >= 4 is 34.5 Å². The Labute approximate surface area is 186 Å². The van der Waals surface area contributed by atoms with Gasteiger partial charge in [-0.15, -0.1) is 0 Å². The molecule has 0 fully saturated rings. The largest absolute Gasteiger partial charge is 0.488 e. The lowest BCUT2D eigenvalue weighted by Crippen LogP contribution is -2.20. The first kappa shape index (κ1) is 20.6. The summed E-state index contributed by atoms with van der Waals surface area (Å²) in [5.41, 5.74) is 5.24. The first-order valence-corrected chi connectivity index (χ1v) is 10.3. The monoisotopic (exact) mass is 428 g/mol. The van der Waals surface area contributed by atoms with Gasteiger partial charge in [0.25, 0.3) is 0 Å².